The summed E-state index contributed by atoms with van der Waals surface area (Å²) in [7, 11) is 1.35. The molecule has 1 aromatic heterocycles. The van der Waals surface area contributed by atoms with E-state index >= 15 is 0 Å². The number of aliphatic hydroxyl groups excluding tert-OH is 1. The maximum absolute atomic E-state index is 11.9. The van der Waals surface area contributed by atoms with Crippen molar-refractivity contribution in [2.24, 2.45) is 0 Å². The summed E-state index contributed by atoms with van der Waals surface area (Å²) in [5.74, 6) is 0.283. The summed E-state index contributed by atoms with van der Waals surface area (Å²) >= 11 is 8.81. The summed E-state index contributed by atoms with van der Waals surface area (Å²) in [6.45, 7) is 0.706. The monoisotopic (exact) mass is 412 g/mol. The number of methoxy groups -OCH3 is 1. The number of hydrogen-bond acceptors (Lipinski definition) is 6. The van der Waals surface area contributed by atoms with Gasteiger partial charge in [-0.15, -0.1) is 0 Å². The van der Waals surface area contributed by atoms with Crippen LogP contribution in [0.3, 0.4) is 0 Å². The number of halogens is 1. The molecule has 24 heavy (non-hydrogen) atoms. The van der Waals surface area contributed by atoms with Gasteiger partial charge in [0.1, 0.15) is 6.04 Å². The number of carbonyl (C=O) groups excluding carboxylic acids is 1. The summed E-state index contributed by atoms with van der Waals surface area (Å²) < 4.78 is 7.78. The molecule has 0 amide bonds. The molecule has 0 unspecified atom stereocenters. The van der Waals surface area contributed by atoms with Gasteiger partial charge in [0.25, 0.3) is 0 Å². The molecule has 0 aliphatic carbocycles. The molecule has 0 spiro atoms. The quantitative estimate of drug-likeness (QED) is 0.589. The van der Waals surface area contributed by atoms with Crippen molar-refractivity contribution in [2.75, 3.05) is 13.7 Å². The number of aromatic amines is 1. The van der Waals surface area contributed by atoms with Crippen LogP contribution >= 0.6 is 28.1 Å². The Labute approximate surface area is 152 Å². The Balaban J connectivity index is 1.85. The summed E-state index contributed by atoms with van der Waals surface area (Å²) in [6.07, 6.45) is -0.209. The summed E-state index contributed by atoms with van der Waals surface area (Å²) in [6, 6.07) is 7.21. The Hall–Kier alpha value is -1.55. The second-order valence-corrected chi connectivity index (χ2v) is 6.82. The molecule has 128 valence electrons. The zero-order valence-corrected chi connectivity index (χ0v) is 15.4. The maximum atomic E-state index is 11.9. The average molecular weight is 413 g/mol. The molecule has 1 saturated heterocycles. The van der Waals surface area contributed by atoms with Crippen molar-refractivity contribution in [1.29, 1.82) is 0 Å². The smallest absolute Gasteiger partial charge is 0.323 e. The van der Waals surface area contributed by atoms with Gasteiger partial charge in [-0.2, -0.15) is 4.98 Å². The Bertz CT molecular complexity index is 806. The van der Waals surface area contributed by atoms with Gasteiger partial charge in [-0.05, 0) is 18.3 Å². The lowest BCUT2D eigenvalue weighted by atomic mass is 10.2. The number of hydrogen-bond donors (Lipinski definition) is 2. The number of H-pyrrole nitrogens is 1. The van der Waals surface area contributed by atoms with E-state index in [0.29, 0.717) is 30.2 Å². The van der Waals surface area contributed by atoms with Gasteiger partial charge in [-0.1, -0.05) is 34.1 Å². The number of aromatic nitrogens is 3. The largest absolute Gasteiger partial charge is 0.468 e. The van der Waals surface area contributed by atoms with Crippen LogP contribution in [0.2, 0.25) is 0 Å². The molecule has 1 aliphatic rings. The Morgan fingerprint density at radius 3 is 3.00 bits per heavy atom. The van der Waals surface area contributed by atoms with Gasteiger partial charge in [-0.3, -0.25) is 14.8 Å². The summed E-state index contributed by atoms with van der Waals surface area (Å²) in [5.41, 5.74) is 0.897. The van der Waals surface area contributed by atoms with Crippen LogP contribution in [0.15, 0.2) is 28.7 Å². The zero-order valence-electron chi connectivity index (χ0n) is 13.0. The first-order valence-corrected chi connectivity index (χ1v) is 8.61. The van der Waals surface area contributed by atoms with Crippen molar-refractivity contribution in [3.8, 4) is 11.4 Å². The van der Waals surface area contributed by atoms with Gasteiger partial charge in [0.05, 0.1) is 19.9 Å². The molecule has 3 rings (SSSR count). The fourth-order valence-corrected chi connectivity index (χ4v) is 3.49. The van der Waals surface area contributed by atoms with Gasteiger partial charge in [0, 0.05) is 23.0 Å². The number of esters is 1. The molecule has 0 radical (unpaired) electrons. The van der Waals surface area contributed by atoms with Gasteiger partial charge in [0.15, 0.2) is 5.82 Å². The van der Waals surface area contributed by atoms with E-state index in [1.807, 2.05) is 29.2 Å². The van der Waals surface area contributed by atoms with Crippen LogP contribution in [-0.2, 0) is 16.2 Å². The van der Waals surface area contributed by atoms with Crippen LogP contribution in [0.1, 0.15) is 6.42 Å². The minimum atomic E-state index is -0.561. The van der Waals surface area contributed by atoms with E-state index in [1.165, 1.54) is 7.11 Å². The lowest BCUT2D eigenvalue weighted by molar-refractivity contribution is -0.146. The molecule has 1 aromatic carbocycles. The molecule has 0 bridgehead atoms. The lowest BCUT2D eigenvalue weighted by Gasteiger charge is -2.21. The van der Waals surface area contributed by atoms with E-state index in [1.54, 1.807) is 4.68 Å². The number of rotatable bonds is 4. The minimum absolute atomic E-state index is 0.327. The second kappa shape index (κ2) is 7.14. The third-order valence-electron chi connectivity index (χ3n) is 3.99. The molecule has 2 N–H and O–H groups in total. The number of aliphatic hydroxyl groups is 1. The highest BCUT2D eigenvalue weighted by molar-refractivity contribution is 9.10. The number of nitrogens with zero attached hydrogens (tertiary/aromatic N) is 3. The molecule has 2 heterocycles. The number of carbonyl (C=O) groups is 1. The van der Waals surface area contributed by atoms with Crippen LogP contribution in [0.25, 0.3) is 11.4 Å². The first-order chi connectivity index (χ1) is 11.5. The minimum Gasteiger partial charge on any atom is -0.468 e. The predicted molar refractivity (Wildman–Crippen MR) is 93.7 cm³/mol. The number of nitrogens with one attached hydrogen (secondary N) is 1. The number of ether oxygens (including phenoxy) is 1. The molecule has 0 saturated carbocycles. The van der Waals surface area contributed by atoms with Crippen LogP contribution < -0.4 is 0 Å². The van der Waals surface area contributed by atoms with E-state index in [9.17, 15) is 9.90 Å². The van der Waals surface area contributed by atoms with Crippen LogP contribution in [0.5, 0.6) is 0 Å². The Morgan fingerprint density at radius 1 is 1.54 bits per heavy atom. The maximum Gasteiger partial charge on any atom is 0.323 e. The molecular weight excluding hydrogens is 396 g/mol. The third kappa shape index (κ3) is 3.44. The van der Waals surface area contributed by atoms with E-state index in [0.717, 1.165) is 10.0 Å². The Morgan fingerprint density at radius 2 is 2.29 bits per heavy atom. The SMILES string of the molecule is COC(=O)[C@@H]1C[C@@H](O)CN1Cn1[nH]c(-c2ccccc2Br)nc1=S. The highest BCUT2D eigenvalue weighted by Crippen LogP contribution is 2.25. The van der Waals surface area contributed by atoms with E-state index < -0.39 is 12.1 Å². The van der Waals surface area contributed by atoms with Gasteiger partial charge in [-0.25, -0.2) is 4.68 Å². The molecule has 2 atom stereocenters. The zero-order chi connectivity index (χ0) is 17.3. The fraction of sp³-hybridized carbons (Fsp3) is 0.400. The normalized spacial score (nSPS) is 21.1. The van der Waals surface area contributed by atoms with Crippen LogP contribution in [-0.4, -0.2) is 56.5 Å². The average Bonchev–Trinajstić information content (AvgIpc) is 3.10. The van der Waals surface area contributed by atoms with Crippen LogP contribution in [0, 0.1) is 4.77 Å². The van der Waals surface area contributed by atoms with Crippen molar-refractivity contribution in [3.63, 3.8) is 0 Å². The first kappa shape index (κ1) is 17.3. The fourth-order valence-electron chi connectivity index (χ4n) is 2.82. The van der Waals surface area contributed by atoms with Crippen molar-refractivity contribution in [3.05, 3.63) is 33.5 Å². The van der Waals surface area contributed by atoms with E-state index in [4.69, 9.17) is 17.0 Å². The lowest BCUT2D eigenvalue weighted by Crippen LogP contribution is -2.38. The van der Waals surface area contributed by atoms with Crippen molar-refractivity contribution >= 4 is 34.1 Å². The molecule has 1 fully saturated rings. The highest BCUT2D eigenvalue weighted by atomic mass is 79.9. The molecule has 7 nitrogen and oxygen atoms in total. The summed E-state index contributed by atoms with van der Waals surface area (Å²) in [4.78, 5) is 18.1. The second-order valence-electron chi connectivity index (χ2n) is 5.60. The van der Waals surface area contributed by atoms with E-state index in [-0.39, 0.29) is 5.97 Å². The molecule has 2 aromatic rings. The summed E-state index contributed by atoms with van der Waals surface area (Å²) in [5, 5.41) is 13.0. The van der Waals surface area contributed by atoms with Crippen molar-refractivity contribution < 1.29 is 14.6 Å². The standard InChI is InChI=1S/C15H17BrN4O3S/c1-23-14(22)12-6-9(21)7-19(12)8-20-15(24)17-13(18-20)10-4-2-3-5-11(10)16/h2-5,9,12,21H,6-8H2,1H3,(H,17,18,24)/t9-,12+/m1/s1. The highest BCUT2D eigenvalue weighted by Gasteiger charge is 2.37. The molecule has 1 aliphatic heterocycles. The predicted octanol–water partition coefficient (Wildman–Crippen LogP) is 1.94. The van der Waals surface area contributed by atoms with Crippen molar-refractivity contribution in [1.82, 2.24) is 19.7 Å². The van der Waals surface area contributed by atoms with Gasteiger partial charge < -0.3 is 9.84 Å². The Kier molecular flexibility index (Phi) is 5.14. The van der Waals surface area contributed by atoms with Crippen LogP contribution in [0.4, 0.5) is 0 Å². The topological polar surface area (TPSA) is 83.4 Å². The van der Waals surface area contributed by atoms with Gasteiger partial charge in [0.2, 0.25) is 4.77 Å². The third-order valence-corrected chi connectivity index (χ3v) is 4.99. The molecular formula is C15H17BrN4O3S. The van der Waals surface area contributed by atoms with E-state index in [2.05, 4.69) is 26.0 Å². The molecule has 9 heteroatoms. The number of likely N-dealkylation sites (tertiary alicyclic amines) is 1. The number of β-amino-alcohol motifs (C(OH)–C–C–N with tert-alkyl or cyclic N) is 1. The van der Waals surface area contributed by atoms with Gasteiger partial charge >= 0.3 is 5.97 Å². The number of benzene rings is 1. The first-order valence-electron chi connectivity index (χ1n) is 7.41. The van der Waals surface area contributed by atoms with Crippen molar-refractivity contribution in [2.45, 2.75) is 25.2 Å².